The van der Waals surface area contributed by atoms with E-state index in [4.69, 9.17) is 9.63 Å². The number of benzene rings is 1. The summed E-state index contributed by atoms with van der Waals surface area (Å²) in [5.74, 6) is -0.784. The third-order valence-electron chi connectivity index (χ3n) is 4.55. The minimum atomic E-state index is -0.749. The van der Waals surface area contributed by atoms with Crippen molar-refractivity contribution in [2.45, 2.75) is 38.6 Å². The zero-order valence-electron chi connectivity index (χ0n) is 13.5. The van der Waals surface area contributed by atoms with Crippen molar-refractivity contribution < 1.29 is 19.2 Å². The smallest absolute Gasteiger partial charge is 0.306 e. The van der Waals surface area contributed by atoms with Crippen molar-refractivity contribution >= 4 is 11.9 Å². The van der Waals surface area contributed by atoms with E-state index in [1.54, 1.807) is 6.92 Å². The zero-order valence-corrected chi connectivity index (χ0v) is 13.5. The second kappa shape index (κ2) is 6.86. The predicted molar refractivity (Wildman–Crippen MR) is 87.5 cm³/mol. The number of carbonyl (C=O) groups is 2. The minimum absolute atomic E-state index is 0.00831. The number of aryl methyl sites for hydroxylation is 1. The summed E-state index contributed by atoms with van der Waals surface area (Å²) >= 11 is 0. The van der Waals surface area contributed by atoms with Crippen LogP contribution in [0, 0.1) is 12.8 Å². The maximum Gasteiger partial charge on any atom is 0.306 e. The van der Waals surface area contributed by atoms with Crippen molar-refractivity contribution in [1.82, 2.24) is 10.5 Å². The van der Waals surface area contributed by atoms with Crippen LogP contribution < -0.4 is 5.32 Å². The Hall–Kier alpha value is -2.63. The fourth-order valence-electron chi connectivity index (χ4n) is 3.17. The number of rotatable bonds is 4. The summed E-state index contributed by atoms with van der Waals surface area (Å²) < 4.78 is 5.22. The highest BCUT2D eigenvalue weighted by atomic mass is 16.5. The molecule has 0 spiro atoms. The summed E-state index contributed by atoms with van der Waals surface area (Å²) in [7, 11) is 0. The molecule has 1 amide bonds. The van der Waals surface area contributed by atoms with E-state index in [0.717, 1.165) is 5.56 Å². The first kappa shape index (κ1) is 16.2. The van der Waals surface area contributed by atoms with Crippen LogP contribution in [0.15, 0.2) is 34.9 Å². The third kappa shape index (κ3) is 3.32. The van der Waals surface area contributed by atoms with Crippen molar-refractivity contribution in [2.24, 2.45) is 5.92 Å². The fourth-order valence-corrected chi connectivity index (χ4v) is 3.17. The number of hydrogen-bond acceptors (Lipinski definition) is 4. The van der Waals surface area contributed by atoms with Crippen LogP contribution in [0.3, 0.4) is 0 Å². The van der Waals surface area contributed by atoms with Gasteiger partial charge >= 0.3 is 5.97 Å². The Morgan fingerprint density at radius 1 is 1.17 bits per heavy atom. The van der Waals surface area contributed by atoms with E-state index in [9.17, 15) is 9.59 Å². The van der Waals surface area contributed by atoms with Gasteiger partial charge in [0.25, 0.3) is 5.91 Å². The SMILES string of the molecule is Cc1onc(-c2ccccc2)c1C(=O)NC1CCC(C(=O)O)CC1. The molecule has 24 heavy (non-hydrogen) atoms. The topological polar surface area (TPSA) is 92.4 Å². The van der Waals surface area contributed by atoms with Crippen LogP contribution in [0.4, 0.5) is 0 Å². The average molecular weight is 328 g/mol. The Balaban J connectivity index is 1.73. The van der Waals surface area contributed by atoms with Crippen molar-refractivity contribution in [3.8, 4) is 11.3 Å². The van der Waals surface area contributed by atoms with Gasteiger partial charge in [0, 0.05) is 11.6 Å². The van der Waals surface area contributed by atoms with Crippen molar-refractivity contribution in [1.29, 1.82) is 0 Å². The lowest BCUT2D eigenvalue weighted by Gasteiger charge is -2.26. The largest absolute Gasteiger partial charge is 0.481 e. The molecule has 0 bridgehead atoms. The van der Waals surface area contributed by atoms with E-state index < -0.39 is 5.97 Å². The molecule has 126 valence electrons. The number of carbonyl (C=O) groups excluding carboxylic acids is 1. The van der Waals surface area contributed by atoms with Gasteiger partial charge in [-0.3, -0.25) is 9.59 Å². The number of carboxylic acid groups (broad SMARTS) is 1. The molecule has 1 fully saturated rings. The van der Waals surface area contributed by atoms with Gasteiger partial charge in [-0.25, -0.2) is 0 Å². The van der Waals surface area contributed by atoms with Crippen molar-refractivity contribution in [3.63, 3.8) is 0 Å². The lowest BCUT2D eigenvalue weighted by atomic mass is 9.86. The Morgan fingerprint density at radius 2 is 1.83 bits per heavy atom. The molecule has 0 unspecified atom stereocenters. The quantitative estimate of drug-likeness (QED) is 0.900. The molecule has 1 aromatic heterocycles. The molecule has 0 aliphatic heterocycles. The van der Waals surface area contributed by atoms with Gasteiger partial charge in [0.2, 0.25) is 0 Å². The number of hydrogen-bond donors (Lipinski definition) is 2. The van der Waals surface area contributed by atoms with Crippen LogP contribution in [-0.4, -0.2) is 28.2 Å². The maximum absolute atomic E-state index is 12.7. The standard InChI is InChI=1S/C18H20N2O4/c1-11-15(16(20-24-11)12-5-3-2-4-6-12)17(21)19-14-9-7-13(8-10-14)18(22)23/h2-6,13-14H,7-10H2,1H3,(H,19,21)(H,22,23). The number of nitrogens with zero attached hydrogens (tertiary/aromatic N) is 1. The fraction of sp³-hybridized carbons (Fsp3) is 0.389. The molecule has 1 saturated carbocycles. The van der Waals surface area contributed by atoms with Gasteiger partial charge in [0.15, 0.2) is 0 Å². The molecule has 2 aromatic rings. The van der Waals surface area contributed by atoms with E-state index in [-0.39, 0.29) is 17.9 Å². The van der Waals surface area contributed by atoms with E-state index >= 15 is 0 Å². The lowest BCUT2D eigenvalue weighted by molar-refractivity contribution is -0.142. The Kier molecular flexibility index (Phi) is 4.64. The van der Waals surface area contributed by atoms with Gasteiger partial charge in [0.1, 0.15) is 17.0 Å². The normalized spacial score (nSPS) is 20.5. The molecule has 0 atom stereocenters. The first-order chi connectivity index (χ1) is 11.6. The Labute approximate surface area is 139 Å². The molecular weight excluding hydrogens is 308 g/mol. The van der Waals surface area contributed by atoms with Crippen LogP contribution in [0.1, 0.15) is 41.8 Å². The summed E-state index contributed by atoms with van der Waals surface area (Å²) in [6.45, 7) is 1.72. The zero-order chi connectivity index (χ0) is 17.1. The van der Waals surface area contributed by atoms with Gasteiger partial charge < -0.3 is 14.9 Å². The molecule has 0 saturated heterocycles. The molecule has 6 heteroatoms. The number of nitrogens with one attached hydrogen (secondary N) is 1. The van der Waals surface area contributed by atoms with Gasteiger partial charge in [-0.15, -0.1) is 0 Å². The third-order valence-corrected chi connectivity index (χ3v) is 4.55. The van der Waals surface area contributed by atoms with E-state index in [0.29, 0.717) is 42.7 Å². The average Bonchev–Trinajstić information content (AvgIpc) is 2.98. The van der Waals surface area contributed by atoms with Crippen LogP contribution in [-0.2, 0) is 4.79 Å². The van der Waals surface area contributed by atoms with Crippen LogP contribution >= 0.6 is 0 Å². The minimum Gasteiger partial charge on any atom is -0.481 e. The number of aliphatic carboxylic acids is 1. The monoisotopic (exact) mass is 328 g/mol. The van der Waals surface area contributed by atoms with E-state index in [1.807, 2.05) is 30.3 Å². The van der Waals surface area contributed by atoms with E-state index in [2.05, 4.69) is 10.5 Å². The highest BCUT2D eigenvalue weighted by molar-refractivity contribution is 6.00. The number of amides is 1. The van der Waals surface area contributed by atoms with Gasteiger partial charge in [-0.05, 0) is 32.6 Å². The molecule has 1 aromatic carbocycles. The van der Waals surface area contributed by atoms with Gasteiger partial charge in [-0.1, -0.05) is 35.5 Å². The van der Waals surface area contributed by atoms with E-state index in [1.165, 1.54) is 0 Å². The lowest BCUT2D eigenvalue weighted by Crippen LogP contribution is -2.39. The summed E-state index contributed by atoms with van der Waals surface area (Å²) in [6, 6.07) is 9.42. The Morgan fingerprint density at radius 3 is 2.46 bits per heavy atom. The second-order valence-electron chi connectivity index (χ2n) is 6.19. The molecule has 1 aliphatic carbocycles. The van der Waals surface area contributed by atoms with Gasteiger partial charge in [-0.2, -0.15) is 0 Å². The van der Waals surface area contributed by atoms with Crippen LogP contribution in [0.25, 0.3) is 11.3 Å². The summed E-state index contributed by atoms with van der Waals surface area (Å²) in [5.41, 5.74) is 1.81. The first-order valence-electron chi connectivity index (χ1n) is 8.11. The Bertz CT molecular complexity index is 731. The molecule has 3 rings (SSSR count). The van der Waals surface area contributed by atoms with Crippen LogP contribution in [0.5, 0.6) is 0 Å². The van der Waals surface area contributed by atoms with Crippen molar-refractivity contribution in [3.05, 3.63) is 41.7 Å². The second-order valence-corrected chi connectivity index (χ2v) is 6.19. The summed E-state index contributed by atoms with van der Waals surface area (Å²) in [6.07, 6.45) is 2.53. The molecular formula is C18H20N2O4. The van der Waals surface area contributed by atoms with Crippen molar-refractivity contribution in [2.75, 3.05) is 0 Å². The molecule has 0 radical (unpaired) electrons. The maximum atomic E-state index is 12.7. The molecule has 6 nitrogen and oxygen atoms in total. The summed E-state index contributed by atoms with van der Waals surface area (Å²) in [5, 5.41) is 16.1. The highest BCUT2D eigenvalue weighted by Crippen LogP contribution is 2.27. The highest BCUT2D eigenvalue weighted by Gasteiger charge is 2.29. The molecule has 2 N–H and O–H groups in total. The summed E-state index contributed by atoms with van der Waals surface area (Å²) in [4.78, 5) is 23.7. The molecule has 1 aliphatic rings. The number of aromatic nitrogens is 1. The molecule has 1 heterocycles. The number of carboxylic acids is 1. The van der Waals surface area contributed by atoms with Gasteiger partial charge in [0.05, 0.1) is 5.92 Å². The van der Waals surface area contributed by atoms with Crippen LogP contribution in [0.2, 0.25) is 0 Å². The first-order valence-corrected chi connectivity index (χ1v) is 8.11. The predicted octanol–water partition coefficient (Wildman–Crippen LogP) is 3.02.